The summed E-state index contributed by atoms with van der Waals surface area (Å²) in [5, 5.41) is 29.4. The molecule has 1 aromatic carbocycles. The molecule has 2 heterocycles. The van der Waals surface area contributed by atoms with Crippen molar-refractivity contribution < 1.29 is 38.4 Å². The Morgan fingerprint density at radius 1 is 1.12 bits per heavy atom. The van der Waals surface area contributed by atoms with Crippen LogP contribution in [-0.2, 0) is 15.8 Å². The topological polar surface area (TPSA) is 147 Å². The number of nitrogens with zero attached hydrogens (tertiary/aromatic N) is 1. The van der Waals surface area contributed by atoms with Crippen molar-refractivity contribution in [1.29, 1.82) is 0 Å². The normalized spacial score (nSPS) is 34.3. The summed E-state index contributed by atoms with van der Waals surface area (Å²) in [5.74, 6) is -1.57. The average Bonchev–Trinajstić information content (AvgIpc) is 2.82. The molecular formula is C14H14NO8S-. The Labute approximate surface area is 138 Å². The zero-order chi connectivity index (χ0) is 17.6. The van der Waals surface area contributed by atoms with Crippen molar-refractivity contribution in [3.05, 3.63) is 35.4 Å². The van der Waals surface area contributed by atoms with E-state index in [1.165, 1.54) is 12.1 Å². The lowest BCUT2D eigenvalue weighted by Gasteiger charge is -2.45. The number of fused-ring (bicyclic) bond motifs is 1. The maximum atomic E-state index is 12.5. The molecule has 0 saturated carbocycles. The summed E-state index contributed by atoms with van der Waals surface area (Å²) in [4.78, 5) is 25.6. The van der Waals surface area contributed by atoms with Gasteiger partial charge < -0.3 is 24.6 Å². The van der Waals surface area contributed by atoms with Crippen molar-refractivity contribution in [2.45, 2.75) is 29.8 Å². The predicted octanol–water partition coefficient (Wildman–Crippen LogP) is -2.03. The standard InChI is InChI=1S/C14H15NO8S/c16-5-8-10(17)11(18)9(14(23-8)24(21)22)15-12(19)6-3-1-2-4-7(6)13(15)20/h1-4,8-11,14,16-18H,5H2,(H,21,22)/p-1/t8-,9?,10-,11-,14?/m1/s1. The van der Waals surface area contributed by atoms with Crippen molar-refractivity contribution >= 4 is 22.9 Å². The maximum Gasteiger partial charge on any atom is 0.262 e. The Bertz CT molecular complexity index is 675. The lowest BCUT2D eigenvalue weighted by Crippen LogP contribution is -2.66. The fraction of sp³-hybridized carbons (Fsp3) is 0.429. The number of aliphatic hydroxyl groups is 3. The van der Waals surface area contributed by atoms with E-state index in [1.807, 2.05) is 0 Å². The van der Waals surface area contributed by atoms with Crippen LogP contribution >= 0.6 is 0 Å². The SMILES string of the molecule is O=C1c2ccccc2C(=O)N1C1C(S(=O)[O-])O[C@H](CO)[C@@H](O)[C@@H]1O. The van der Waals surface area contributed by atoms with Gasteiger partial charge in [0.05, 0.1) is 17.7 Å². The van der Waals surface area contributed by atoms with Crippen molar-refractivity contribution in [3.63, 3.8) is 0 Å². The molecule has 0 bridgehead atoms. The summed E-state index contributed by atoms with van der Waals surface area (Å²) < 4.78 is 28.0. The van der Waals surface area contributed by atoms with E-state index in [0.29, 0.717) is 4.90 Å². The molecule has 3 N–H and O–H groups in total. The van der Waals surface area contributed by atoms with Gasteiger partial charge in [-0.25, -0.2) is 0 Å². The second kappa shape index (κ2) is 6.31. The van der Waals surface area contributed by atoms with E-state index in [4.69, 9.17) is 9.84 Å². The quantitative estimate of drug-likeness (QED) is 0.415. The first kappa shape index (κ1) is 17.1. The number of hydrogen-bond donors (Lipinski definition) is 3. The molecule has 3 rings (SSSR count). The van der Waals surface area contributed by atoms with E-state index >= 15 is 0 Å². The Morgan fingerprint density at radius 2 is 1.67 bits per heavy atom. The molecule has 1 saturated heterocycles. The molecule has 2 aliphatic rings. The second-order valence-electron chi connectivity index (χ2n) is 5.48. The fourth-order valence-corrected chi connectivity index (χ4v) is 3.72. The Morgan fingerprint density at radius 3 is 2.12 bits per heavy atom. The smallest absolute Gasteiger partial charge is 0.262 e. The average molecular weight is 356 g/mol. The van der Waals surface area contributed by atoms with Gasteiger partial charge in [0.2, 0.25) is 0 Å². The van der Waals surface area contributed by atoms with E-state index in [2.05, 4.69) is 0 Å². The minimum absolute atomic E-state index is 0.0731. The summed E-state index contributed by atoms with van der Waals surface area (Å²) in [5.41, 5.74) is -1.63. The van der Waals surface area contributed by atoms with Crippen LogP contribution < -0.4 is 0 Å². The third kappa shape index (κ3) is 2.48. The number of hydrogen-bond acceptors (Lipinski definition) is 8. The molecule has 0 aliphatic carbocycles. The summed E-state index contributed by atoms with van der Waals surface area (Å²) in [6, 6.07) is 4.26. The lowest BCUT2D eigenvalue weighted by atomic mass is 9.97. The van der Waals surface area contributed by atoms with Crippen molar-refractivity contribution in [2.75, 3.05) is 6.61 Å². The highest BCUT2D eigenvalue weighted by molar-refractivity contribution is 7.79. The van der Waals surface area contributed by atoms with Crippen molar-refractivity contribution in [3.8, 4) is 0 Å². The third-order valence-electron chi connectivity index (χ3n) is 4.16. The molecule has 9 nitrogen and oxygen atoms in total. The number of imide groups is 1. The molecule has 24 heavy (non-hydrogen) atoms. The van der Waals surface area contributed by atoms with Gasteiger partial charge >= 0.3 is 0 Å². The fourth-order valence-electron chi connectivity index (χ4n) is 2.98. The number of benzene rings is 1. The molecule has 1 aromatic rings. The molecule has 10 heteroatoms. The van der Waals surface area contributed by atoms with Gasteiger partial charge in [-0.2, -0.15) is 0 Å². The highest BCUT2D eigenvalue weighted by atomic mass is 32.2. The monoisotopic (exact) mass is 356 g/mol. The number of carbonyl (C=O) groups is 2. The van der Waals surface area contributed by atoms with Crippen molar-refractivity contribution in [1.82, 2.24) is 4.90 Å². The largest absolute Gasteiger partial charge is 0.770 e. The molecule has 0 aromatic heterocycles. The highest BCUT2D eigenvalue weighted by Crippen LogP contribution is 2.32. The maximum absolute atomic E-state index is 12.5. The van der Waals surface area contributed by atoms with Gasteiger partial charge in [0.25, 0.3) is 11.8 Å². The first-order valence-corrected chi connectivity index (χ1v) is 8.19. The van der Waals surface area contributed by atoms with Crippen LogP contribution in [0.3, 0.4) is 0 Å². The molecule has 1 fully saturated rings. The van der Waals surface area contributed by atoms with Crippen LogP contribution in [-0.4, -0.2) is 77.2 Å². The third-order valence-corrected chi connectivity index (χ3v) is 4.93. The lowest BCUT2D eigenvalue weighted by molar-refractivity contribution is -0.183. The van der Waals surface area contributed by atoms with E-state index in [9.17, 15) is 28.6 Å². The summed E-state index contributed by atoms with van der Waals surface area (Å²) in [7, 11) is 0. The number of carbonyl (C=O) groups excluding carboxylic acids is 2. The predicted molar refractivity (Wildman–Crippen MR) is 77.4 cm³/mol. The van der Waals surface area contributed by atoms with Crippen LogP contribution in [0.15, 0.2) is 24.3 Å². The molecule has 6 atom stereocenters. The Balaban J connectivity index is 2.02. The van der Waals surface area contributed by atoms with Gasteiger partial charge in [-0.1, -0.05) is 12.1 Å². The van der Waals surface area contributed by atoms with Gasteiger partial charge in [-0.3, -0.25) is 18.7 Å². The number of rotatable bonds is 3. The van der Waals surface area contributed by atoms with Gasteiger partial charge in [0.15, 0.2) is 0 Å². The molecular weight excluding hydrogens is 342 g/mol. The van der Waals surface area contributed by atoms with Crippen LogP contribution in [0.2, 0.25) is 0 Å². The molecule has 0 radical (unpaired) electrons. The van der Waals surface area contributed by atoms with Crippen LogP contribution in [0.4, 0.5) is 0 Å². The van der Waals surface area contributed by atoms with E-state index in [-0.39, 0.29) is 11.1 Å². The van der Waals surface area contributed by atoms with E-state index < -0.39 is 59.3 Å². The zero-order valence-electron chi connectivity index (χ0n) is 12.1. The first-order chi connectivity index (χ1) is 11.4. The molecule has 2 aliphatic heterocycles. The zero-order valence-corrected chi connectivity index (χ0v) is 13.0. The van der Waals surface area contributed by atoms with Gasteiger partial charge in [0.1, 0.15) is 29.8 Å². The molecule has 3 unspecified atom stereocenters. The molecule has 130 valence electrons. The first-order valence-electron chi connectivity index (χ1n) is 7.06. The highest BCUT2D eigenvalue weighted by Gasteiger charge is 2.53. The van der Waals surface area contributed by atoms with Crippen LogP contribution in [0.25, 0.3) is 0 Å². The molecule has 2 amide bonds. The van der Waals surface area contributed by atoms with Gasteiger partial charge in [0, 0.05) is 0 Å². The minimum atomic E-state index is -2.93. The number of aliphatic hydroxyl groups excluding tert-OH is 3. The Kier molecular flexibility index (Phi) is 4.51. The summed E-state index contributed by atoms with van der Waals surface area (Å²) in [6.45, 7) is -0.735. The van der Waals surface area contributed by atoms with E-state index in [1.54, 1.807) is 12.1 Å². The van der Waals surface area contributed by atoms with Crippen LogP contribution in [0.5, 0.6) is 0 Å². The van der Waals surface area contributed by atoms with Gasteiger partial charge in [-0.05, 0) is 23.2 Å². The van der Waals surface area contributed by atoms with Crippen LogP contribution in [0.1, 0.15) is 20.7 Å². The van der Waals surface area contributed by atoms with E-state index in [0.717, 1.165) is 0 Å². The van der Waals surface area contributed by atoms with Gasteiger partial charge in [-0.15, -0.1) is 0 Å². The number of amides is 2. The minimum Gasteiger partial charge on any atom is -0.770 e. The summed E-state index contributed by atoms with van der Waals surface area (Å²) >= 11 is -2.93. The number of ether oxygens (including phenoxy) is 1. The van der Waals surface area contributed by atoms with Crippen LogP contribution in [0, 0.1) is 0 Å². The van der Waals surface area contributed by atoms with Crippen molar-refractivity contribution in [2.24, 2.45) is 0 Å². The summed E-state index contributed by atoms with van der Waals surface area (Å²) in [6.07, 6.45) is -4.81. The Hall–Kier alpha value is -1.69. The second-order valence-corrected chi connectivity index (χ2v) is 6.47. The molecule has 0 spiro atoms.